The molecule has 17 heavy (non-hydrogen) atoms. The average molecular weight is 244 g/mol. The van der Waals surface area contributed by atoms with E-state index in [2.05, 4.69) is 24.5 Å². The number of carbonyl (C=O) groups is 1. The van der Waals surface area contributed by atoms with Gasteiger partial charge < -0.3 is 20.1 Å². The van der Waals surface area contributed by atoms with Gasteiger partial charge in [0, 0.05) is 19.7 Å². The Kier molecular flexibility index (Phi) is 7.16. The van der Waals surface area contributed by atoms with Crippen molar-refractivity contribution in [3.05, 3.63) is 0 Å². The first-order valence-electron chi connectivity index (χ1n) is 6.36. The van der Waals surface area contributed by atoms with Gasteiger partial charge in [0.25, 0.3) is 0 Å². The van der Waals surface area contributed by atoms with Crippen LogP contribution in [0.1, 0.15) is 20.3 Å². The molecule has 1 rings (SSSR count). The van der Waals surface area contributed by atoms with Gasteiger partial charge in [0.1, 0.15) is 6.04 Å². The second-order valence-corrected chi connectivity index (χ2v) is 4.67. The lowest BCUT2D eigenvalue weighted by molar-refractivity contribution is -0.126. The van der Waals surface area contributed by atoms with Crippen LogP contribution in [-0.4, -0.2) is 51.5 Å². The van der Waals surface area contributed by atoms with Crippen LogP contribution >= 0.6 is 0 Å². The molecule has 0 aromatic heterocycles. The molecule has 5 heteroatoms. The Balaban J connectivity index is 1.96. The number of hydrogen-bond acceptors (Lipinski definition) is 4. The topological polar surface area (TPSA) is 59.6 Å². The van der Waals surface area contributed by atoms with Crippen molar-refractivity contribution in [3.63, 3.8) is 0 Å². The summed E-state index contributed by atoms with van der Waals surface area (Å²) in [7, 11) is 0. The van der Waals surface area contributed by atoms with Crippen molar-refractivity contribution in [2.75, 3.05) is 39.5 Å². The van der Waals surface area contributed by atoms with Gasteiger partial charge in [-0.3, -0.25) is 4.79 Å². The number of hydrogen-bond donors (Lipinski definition) is 2. The second kappa shape index (κ2) is 8.44. The maximum Gasteiger partial charge on any atom is 0.239 e. The van der Waals surface area contributed by atoms with Crippen molar-refractivity contribution in [3.8, 4) is 0 Å². The highest BCUT2D eigenvalue weighted by Crippen LogP contribution is 1.98. The van der Waals surface area contributed by atoms with Gasteiger partial charge in [-0.25, -0.2) is 0 Å². The van der Waals surface area contributed by atoms with Crippen molar-refractivity contribution in [1.82, 2.24) is 10.6 Å². The predicted octanol–water partition coefficient (Wildman–Crippen LogP) is 0.154. The van der Waals surface area contributed by atoms with Crippen LogP contribution in [0.25, 0.3) is 0 Å². The molecule has 5 nitrogen and oxygen atoms in total. The van der Waals surface area contributed by atoms with Crippen LogP contribution in [0, 0.1) is 5.92 Å². The Labute approximate surface area is 103 Å². The van der Waals surface area contributed by atoms with E-state index in [-0.39, 0.29) is 11.9 Å². The minimum Gasteiger partial charge on any atom is -0.380 e. The lowest BCUT2D eigenvalue weighted by atomic mass is 10.1. The largest absolute Gasteiger partial charge is 0.380 e. The highest BCUT2D eigenvalue weighted by atomic mass is 16.5. The zero-order valence-electron chi connectivity index (χ0n) is 10.8. The molecule has 1 atom stereocenters. The third-order valence-corrected chi connectivity index (χ3v) is 2.62. The summed E-state index contributed by atoms with van der Waals surface area (Å²) in [5, 5.41) is 5.94. The van der Waals surface area contributed by atoms with Crippen LogP contribution in [0.4, 0.5) is 0 Å². The Morgan fingerprint density at radius 2 is 2.35 bits per heavy atom. The van der Waals surface area contributed by atoms with Crippen LogP contribution in [0.3, 0.4) is 0 Å². The van der Waals surface area contributed by atoms with Gasteiger partial charge in [0.15, 0.2) is 0 Å². The number of ether oxygens (including phenoxy) is 2. The van der Waals surface area contributed by atoms with Crippen LogP contribution in [0.5, 0.6) is 0 Å². The molecule has 0 spiro atoms. The third-order valence-electron chi connectivity index (χ3n) is 2.62. The van der Waals surface area contributed by atoms with Gasteiger partial charge in [-0.1, -0.05) is 13.8 Å². The zero-order chi connectivity index (χ0) is 12.5. The van der Waals surface area contributed by atoms with Crippen LogP contribution in [-0.2, 0) is 14.3 Å². The summed E-state index contributed by atoms with van der Waals surface area (Å²) in [6, 6.07) is -0.209. The third kappa shape index (κ3) is 6.61. The summed E-state index contributed by atoms with van der Waals surface area (Å²) < 4.78 is 10.6. The van der Waals surface area contributed by atoms with E-state index >= 15 is 0 Å². The quantitative estimate of drug-likeness (QED) is 0.626. The second-order valence-electron chi connectivity index (χ2n) is 4.67. The zero-order valence-corrected chi connectivity index (χ0v) is 10.8. The molecule has 0 aromatic carbocycles. The standard InChI is InChI=1S/C12H24N2O3/c1-10(2)3-6-16-7-5-14-12(15)11-9-17-8-4-13-11/h10-11,13H,3-9H2,1-2H3,(H,14,15). The molecule has 2 N–H and O–H groups in total. The minimum atomic E-state index is -0.209. The molecule has 0 aromatic rings. The molecular weight excluding hydrogens is 220 g/mol. The van der Waals surface area contributed by atoms with E-state index in [1.807, 2.05) is 0 Å². The number of carbonyl (C=O) groups excluding carboxylic acids is 1. The maximum atomic E-state index is 11.6. The van der Waals surface area contributed by atoms with E-state index in [9.17, 15) is 4.79 Å². The highest BCUT2D eigenvalue weighted by Gasteiger charge is 2.20. The van der Waals surface area contributed by atoms with Crippen molar-refractivity contribution in [2.24, 2.45) is 5.92 Å². The Hall–Kier alpha value is -0.650. The smallest absolute Gasteiger partial charge is 0.239 e. The number of rotatable bonds is 7. The molecule has 100 valence electrons. The Bertz CT molecular complexity index is 216. The molecule has 0 bridgehead atoms. The van der Waals surface area contributed by atoms with Gasteiger partial charge in [-0.05, 0) is 12.3 Å². The number of nitrogens with one attached hydrogen (secondary N) is 2. The Morgan fingerprint density at radius 3 is 3.00 bits per heavy atom. The van der Waals surface area contributed by atoms with Gasteiger partial charge in [-0.15, -0.1) is 0 Å². The molecule has 1 heterocycles. The summed E-state index contributed by atoms with van der Waals surface area (Å²) in [6.07, 6.45) is 1.06. The number of amides is 1. The summed E-state index contributed by atoms with van der Waals surface area (Å²) in [5.41, 5.74) is 0. The average Bonchev–Trinajstić information content (AvgIpc) is 2.34. The first-order valence-corrected chi connectivity index (χ1v) is 6.36. The monoisotopic (exact) mass is 244 g/mol. The fourth-order valence-corrected chi connectivity index (χ4v) is 1.52. The minimum absolute atomic E-state index is 0.00263. The molecule has 0 radical (unpaired) electrons. The maximum absolute atomic E-state index is 11.6. The lowest BCUT2D eigenvalue weighted by Crippen LogP contribution is -2.51. The fourth-order valence-electron chi connectivity index (χ4n) is 1.52. The van der Waals surface area contributed by atoms with Crippen LogP contribution in [0.2, 0.25) is 0 Å². The molecule has 1 fully saturated rings. The molecule has 0 aliphatic carbocycles. The van der Waals surface area contributed by atoms with Crippen molar-refractivity contribution < 1.29 is 14.3 Å². The molecule has 0 saturated carbocycles. The summed E-state index contributed by atoms with van der Waals surface area (Å²) in [6.45, 7) is 8.12. The van der Waals surface area contributed by atoms with Gasteiger partial charge in [0.05, 0.1) is 19.8 Å². The van der Waals surface area contributed by atoms with E-state index in [4.69, 9.17) is 9.47 Å². The van der Waals surface area contributed by atoms with E-state index in [1.54, 1.807) is 0 Å². The highest BCUT2D eigenvalue weighted by molar-refractivity contribution is 5.81. The molecule has 1 amide bonds. The van der Waals surface area contributed by atoms with Crippen LogP contribution < -0.4 is 10.6 Å². The van der Waals surface area contributed by atoms with Gasteiger partial charge in [-0.2, -0.15) is 0 Å². The molecule has 1 aliphatic heterocycles. The van der Waals surface area contributed by atoms with E-state index in [0.717, 1.165) is 19.6 Å². The van der Waals surface area contributed by atoms with Crippen LogP contribution in [0.15, 0.2) is 0 Å². The van der Waals surface area contributed by atoms with Gasteiger partial charge in [0.2, 0.25) is 5.91 Å². The molecular formula is C12H24N2O3. The molecule has 1 aliphatic rings. The Morgan fingerprint density at radius 1 is 1.53 bits per heavy atom. The van der Waals surface area contributed by atoms with Crippen molar-refractivity contribution >= 4 is 5.91 Å². The molecule has 1 saturated heterocycles. The van der Waals surface area contributed by atoms with E-state index < -0.39 is 0 Å². The van der Waals surface area contributed by atoms with Gasteiger partial charge >= 0.3 is 0 Å². The summed E-state index contributed by atoms with van der Waals surface area (Å²) in [5.74, 6) is 0.658. The van der Waals surface area contributed by atoms with E-state index in [0.29, 0.717) is 32.3 Å². The fraction of sp³-hybridized carbons (Fsp3) is 0.917. The number of morpholine rings is 1. The predicted molar refractivity (Wildman–Crippen MR) is 65.9 cm³/mol. The summed E-state index contributed by atoms with van der Waals surface area (Å²) >= 11 is 0. The summed E-state index contributed by atoms with van der Waals surface area (Å²) in [4.78, 5) is 11.6. The molecule has 1 unspecified atom stereocenters. The van der Waals surface area contributed by atoms with Crippen molar-refractivity contribution in [1.29, 1.82) is 0 Å². The van der Waals surface area contributed by atoms with E-state index in [1.165, 1.54) is 0 Å². The normalized spacial score (nSPS) is 20.5. The lowest BCUT2D eigenvalue weighted by Gasteiger charge is -2.22. The first-order chi connectivity index (χ1) is 8.20. The SMILES string of the molecule is CC(C)CCOCCNC(=O)C1COCCN1. The van der Waals surface area contributed by atoms with Crippen molar-refractivity contribution in [2.45, 2.75) is 26.3 Å². The first kappa shape index (κ1) is 14.4.